The van der Waals surface area contributed by atoms with Crippen LogP contribution in [0.5, 0.6) is 0 Å². The zero-order valence-electron chi connectivity index (χ0n) is 9.11. The summed E-state index contributed by atoms with van der Waals surface area (Å²) in [4.78, 5) is 0. The molecule has 0 radical (unpaired) electrons. The topological polar surface area (TPSA) is 54.5 Å². The fourth-order valence-corrected chi connectivity index (χ4v) is 1.86. The van der Waals surface area contributed by atoms with Gasteiger partial charge in [-0.25, -0.2) is 4.68 Å². The van der Waals surface area contributed by atoms with Gasteiger partial charge >= 0.3 is 0 Å². The van der Waals surface area contributed by atoms with Crippen molar-refractivity contribution < 1.29 is 0 Å². The molecule has 1 saturated carbocycles. The molecular weight excluding hydrogens is 188 g/mol. The van der Waals surface area contributed by atoms with Crippen molar-refractivity contribution in [2.75, 3.05) is 0 Å². The van der Waals surface area contributed by atoms with Crippen LogP contribution in [0.4, 0.5) is 0 Å². The van der Waals surface area contributed by atoms with E-state index < -0.39 is 0 Å². The van der Waals surface area contributed by atoms with Crippen LogP contribution in [0.25, 0.3) is 0 Å². The van der Waals surface area contributed by atoms with Crippen LogP contribution >= 0.6 is 0 Å². The van der Waals surface area contributed by atoms with Gasteiger partial charge in [0.25, 0.3) is 0 Å². The summed E-state index contributed by atoms with van der Waals surface area (Å²) in [6.45, 7) is 3.06. The average molecular weight is 204 g/mol. The van der Waals surface area contributed by atoms with Gasteiger partial charge < -0.3 is 0 Å². The second-order valence-corrected chi connectivity index (χ2v) is 4.13. The van der Waals surface area contributed by atoms with Crippen molar-refractivity contribution >= 4 is 0 Å². The maximum atomic E-state index is 8.65. The van der Waals surface area contributed by atoms with Crippen molar-refractivity contribution in [3.05, 3.63) is 11.4 Å². The molecule has 1 heterocycles. The molecule has 1 aliphatic rings. The quantitative estimate of drug-likeness (QED) is 0.733. The Morgan fingerprint density at radius 1 is 1.53 bits per heavy atom. The number of hydrogen-bond acceptors (Lipinski definition) is 3. The Labute approximate surface area is 89.9 Å². The average Bonchev–Trinajstić information content (AvgIpc) is 2.99. The van der Waals surface area contributed by atoms with Gasteiger partial charge in [0.1, 0.15) is 0 Å². The van der Waals surface area contributed by atoms with E-state index in [-0.39, 0.29) is 0 Å². The van der Waals surface area contributed by atoms with E-state index in [4.69, 9.17) is 5.26 Å². The van der Waals surface area contributed by atoms with Crippen molar-refractivity contribution in [3.8, 4) is 6.07 Å². The first-order valence-electron chi connectivity index (χ1n) is 5.63. The van der Waals surface area contributed by atoms with Crippen molar-refractivity contribution in [3.63, 3.8) is 0 Å². The summed E-state index contributed by atoms with van der Waals surface area (Å²) in [6.07, 6.45) is 5.26. The molecule has 1 aromatic rings. The Balaban J connectivity index is 2.04. The number of hydrogen-bond donors (Lipinski definition) is 0. The highest BCUT2D eigenvalue weighted by atomic mass is 15.4. The van der Waals surface area contributed by atoms with Crippen molar-refractivity contribution in [2.45, 2.75) is 45.6 Å². The summed E-state index contributed by atoms with van der Waals surface area (Å²) in [7, 11) is 0. The van der Waals surface area contributed by atoms with Gasteiger partial charge in [-0.2, -0.15) is 5.26 Å². The number of aryl methyl sites for hydroxylation is 1. The molecule has 4 nitrogen and oxygen atoms in total. The lowest BCUT2D eigenvalue weighted by atomic mass is 10.2. The summed E-state index contributed by atoms with van der Waals surface area (Å²) >= 11 is 0. The number of rotatable bonds is 5. The molecule has 0 bridgehead atoms. The van der Waals surface area contributed by atoms with E-state index in [1.165, 1.54) is 19.3 Å². The first-order valence-corrected chi connectivity index (χ1v) is 5.63. The first-order chi connectivity index (χ1) is 7.35. The third kappa shape index (κ3) is 2.35. The van der Waals surface area contributed by atoms with Gasteiger partial charge in [0.2, 0.25) is 0 Å². The van der Waals surface area contributed by atoms with Crippen molar-refractivity contribution in [2.24, 2.45) is 5.92 Å². The summed E-state index contributed by atoms with van der Waals surface area (Å²) in [5.41, 5.74) is 1.99. The summed E-state index contributed by atoms with van der Waals surface area (Å²) in [6, 6.07) is 2.13. The minimum atomic E-state index is 0.382. The minimum absolute atomic E-state index is 0.382. The third-order valence-electron chi connectivity index (χ3n) is 2.95. The van der Waals surface area contributed by atoms with Crippen LogP contribution in [0.2, 0.25) is 0 Å². The SMILES string of the molecule is CCc1c(CC#N)nnn1CCC1CC1. The van der Waals surface area contributed by atoms with E-state index in [1.54, 1.807) is 0 Å². The predicted octanol–water partition coefficient (Wildman–Crippen LogP) is 1.71. The van der Waals surface area contributed by atoms with Gasteiger partial charge in [0.05, 0.1) is 23.9 Å². The van der Waals surface area contributed by atoms with Crippen molar-refractivity contribution in [1.82, 2.24) is 15.0 Å². The number of aromatic nitrogens is 3. The Bertz CT molecular complexity index is 370. The fraction of sp³-hybridized carbons (Fsp3) is 0.727. The maximum Gasteiger partial charge on any atom is 0.0999 e. The molecule has 0 aromatic carbocycles. The monoisotopic (exact) mass is 204 g/mol. The summed E-state index contributed by atoms with van der Waals surface area (Å²) < 4.78 is 1.98. The zero-order chi connectivity index (χ0) is 10.7. The van der Waals surface area contributed by atoms with Gasteiger partial charge in [0, 0.05) is 6.54 Å². The molecule has 80 valence electrons. The highest BCUT2D eigenvalue weighted by Gasteiger charge is 2.21. The van der Waals surface area contributed by atoms with Gasteiger partial charge in [-0.15, -0.1) is 5.10 Å². The van der Waals surface area contributed by atoms with Gasteiger partial charge in [-0.05, 0) is 18.8 Å². The molecule has 2 rings (SSSR count). The molecule has 15 heavy (non-hydrogen) atoms. The smallest absolute Gasteiger partial charge is 0.0999 e. The summed E-state index contributed by atoms with van der Waals surface area (Å²) in [5, 5.41) is 16.8. The third-order valence-corrected chi connectivity index (χ3v) is 2.95. The van der Waals surface area contributed by atoms with Crippen LogP contribution in [-0.4, -0.2) is 15.0 Å². The number of nitrogens with zero attached hydrogens (tertiary/aromatic N) is 4. The predicted molar refractivity (Wildman–Crippen MR) is 56.1 cm³/mol. The highest BCUT2D eigenvalue weighted by Crippen LogP contribution is 2.32. The standard InChI is InChI=1S/C11H16N4/c1-2-11-10(5-7-12)13-14-15(11)8-6-9-3-4-9/h9H,2-6,8H2,1H3. The summed E-state index contributed by atoms with van der Waals surface area (Å²) in [5.74, 6) is 0.915. The molecule has 0 unspecified atom stereocenters. The van der Waals surface area contributed by atoms with Crippen LogP contribution in [0.3, 0.4) is 0 Å². The second kappa shape index (κ2) is 4.43. The largest absolute Gasteiger partial charge is 0.249 e. The molecule has 0 atom stereocenters. The highest BCUT2D eigenvalue weighted by molar-refractivity contribution is 5.14. The van der Waals surface area contributed by atoms with Crippen LogP contribution in [0, 0.1) is 17.2 Å². The molecule has 0 amide bonds. The zero-order valence-corrected chi connectivity index (χ0v) is 9.11. The normalized spacial score (nSPS) is 15.2. The van der Waals surface area contributed by atoms with E-state index in [1.807, 2.05) is 4.68 Å². The van der Waals surface area contributed by atoms with Crippen LogP contribution in [0.1, 0.15) is 37.6 Å². The molecular formula is C11H16N4. The lowest BCUT2D eigenvalue weighted by Crippen LogP contribution is -2.06. The molecule has 1 aliphatic carbocycles. The minimum Gasteiger partial charge on any atom is -0.249 e. The van der Waals surface area contributed by atoms with E-state index in [0.29, 0.717) is 6.42 Å². The Kier molecular flexibility index (Phi) is 3.00. The fourth-order valence-electron chi connectivity index (χ4n) is 1.86. The van der Waals surface area contributed by atoms with E-state index >= 15 is 0 Å². The van der Waals surface area contributed by atoms with E-state index in [0.717, 1.165) is 30.3 Å². The Hall–Kier alpha value is -1.37. The van der Waals surface area contributed by atoms with Crippen LogP contribution in [0.15, 0.2) is 0 Å². The molecule has 0 saturated heterocycles. The van der Waals surface area contributed by atoms with Crippen LogP contribution in [-0.2, 0) is 19.4 Å². The molecule has 0 aliphatic heterocycles. The van der Waals surface area contributed by atoms with E-state index in [2.05, 4.69) is 23.3 Å². The molecule has 4 heteroatoms. The van der Waals surface area contributed by atoms with E-state index in [9.17, 15) is 0 Å². The molecule has 0 N–H and O–H groups in total. The first kappa shape index (κ1) is 10.2. The Morgan fingerprint density at radius 3 is 2.93 bits per heavy atom. The van der Waals surface area contributed by atoms with Crippen molar-refractivity contribution in [1.29, 1.82) is 5.26 Å². The van der Waals surface area contributed by atoms with Gasteiger partial charge in [-0.1, -0.05) is 25.0 Å². The maximum absolute atomic E-state index is 8.65. The van der Waals surface area contributed by atoms with Gasteiger partial charge in [0.15, 0.2) is 0 Å². The molecule has 1 aromatic heterocycles. The lowest BCUT2D eigenvalue weighted by Gasteiger charge is -2.04. The lowest BCUT2D eigenvalue weighted by molar-refractivity contribution is 0.515. The van der Waals surface area contributed by atoms with Gasteiger partial charge in [-0.3, -0.25) is 0 Å². The van der Waals surface area contributed by atoms with Crippen LogP contribution < -0.4 is 0 Å². The second-order valence-electron chi connectivity index (χ2n) is 4.13. The molecule has 1 fully saturated rings. The molecule has 0 spiro atoms. The Morgan fingerprint density at radius 2 is 2.33 bits per heavy atom. The number of nitriles is 1.